The topological polar surface area (TPSA) is 30.9 Å². The van der Waals surface area contributed by atoms with Crippen LogP contribution < -0.4 is 4.74 Å². The number of benzene rings is 2. The van der Waals surface area contributed by atoms with E-state index >= 15 is 0 Å². The Morgan fingerprint density at radius 3 is 2.55 bits per heavy atom. The van der Waals surface area contributed by atoms with Crippen LogP contribution in [0.4, 0.5) is 0 Å². The molecule has 1 aliphatic heterocycles. The second-order valence-electron chi connectivity index (χ2n) is 7.67. The molecule has 0 saturated heterocycles. The monoisotopic (exact) mass is 419 g/mol. The van der Waals surface area contributed by atoms with Crippen molar-refractivity contribution >= 4 is 0 Å². The number of nitrogens with zero attached hydrogens (tertiary/aromatic N) is 1. The van der Waals surface area contributed by atoms with Crippen molar-refractivity contribution in [3.63, 3.8) is 0 Å². The molecule has 0 aromatic heterocycles. The van der Waals surface area contributed by atoms with Crippen LogP contribution in [0.5, 0.6) is 11.5 Å². The normalized spacial score (nSPS) is 20.8. The predicted molar refractivity (Wildman–Crippen MR) is 126 cm³/mol. The Hall–Kier alpha value is -2.98. The molecule has 0 aliphatic carbocycles. The number of rotatable bonds is 7. The zero-order chi connectivity index (χ0) is 21.9. The fourth-order valence-electron chi connectivity index (χ4n) is 3.64. The van der Waals surface area contributed by atoms with Gasteiger partial charge in [0.1, 0.15) is 11.5 Å². The third-order valence-corrected chi connectivity index (χ3v) is 5.01. The molecule has 4 nitrogen and oxygen atoms in total. The Bertz CT molecular complexity index is 915. The van der Waals surface area contributed by atoms with Crippen molar-refractivity contribution in [2.24, 2.45) is 0 Å². The quantitative estimate of drug-likeness (QED) is 0.514. The number of hydrogen-bond acceptors (Lipinski definition) is 4. The maximum atomic E-state index is 6.02. The Balaban J connectivity index is 1.75. The van der Waals surface area contributed by atoms with Gasteiger partial charge in [0.2, 0.25) is 0 Å². The summed E-state index contributed by atoms with van der Waals surface area (Å²) in [6.07, 6.45) is 8.37. The molecule has 0 bridgehead atoms. The lowest BCUT2D eigenvalue weighted by atomic mass is 10.1. The summed E-state index contributed by atoms with van der Waals surface area (Å²) in [5.41, 5.74) is 2.48. The largest absolute Gasteiger partial charge is 0.493 e. The van der Waals surface area contributed by atoms with Gasteiger partial charge in [-0.2, -0.15) is 0 Å². The number of hydrogen-bond donors (Lipinski definition) is 0. The van der Waals surface area contributed by atoms with Crippen LogP contribution in [0.15, 0.2) is 89.9 Å². The molecule has 2 aromatic carbocycles. The van der Waals surface area contributed by atoms with E-state index in [-0.39, 0.29) is 0 Å². The van der Waals surface area contributed by atoms with Crippen LogP contribution in [-0.2, 0) is 16.0 Å². The van der Waals surface area contributed by atoms with Crippen LogP contribution in [0.2, 0.25) is 0 Å². The van der Waals surface area contributed by atoms with Crippen LogP contribution in [-0.4, -0.2) is 31.7 Å². The van der Waals surface area contributed by atoms with Crippen LogP contribution >= 0.6 is 0 Å². The first-order valence-corrected chi connectivity index (χ1v) is 11.0. The highest BCUT2D eigenvalue weighted by molar-refractivity contribution is 5.34. The molecule has 0 fully saturated rings. The van der Waals surface area contributed by atoms with E-state index in [1.807, 2.05) is 49.4 Å². The number of methoxy groups -OCH3 is 1. The Morgan fingerprint density at radius 1 is 0.968 bits per heavy atom. The van der Waals surface area contributed by atoms with Gasteiger partial charge in [0, 0.05) is 13.1 Å². The highest BCUT2D eigenvalue weighted by Gasteiger charge is 2.11. The summed E-state index contributed by atoms with van der Waals surface area (Å²) in [5, 5.41) is 0. The molecule has 3 rings (SSSR count). The molecule has 2 aromatic rings. The number of allylic oxidation sites excluding steroid dienone is 3. The first kappa shape index (κ1) is 22.7. The smallest absolute Gasteiger partial charge is 0.161 e. The predicted octanol–water partition coefficient (Wildman–Crippen LogP) is 6.47. The van der Waals surface area contributed by atoms with Gasteiger partial charge in [-0.05, 0) is 75.2 Å². The molecule has 0 N–H and O–H groups in total. The molecule has 0 atom stereocenters. The van der Waals surface area contributed by atoms with E-state index in [1.54, 1.807) is 7.11 Å². The van der Waals surface area contributed by atoms with E-state index < -0.39 is 0 Å². The summed E-state index contributed by atoms with van der Waals surface area (Å²) in [5.74, 6) is 3.28. The molecule has 4 heteroatoms. The standard InChI is InChI=1S/C27H33NO3/c1-4-30-27-18-22(2)20-28(17-10-6-9-16-26(27)29-3)21-23-12-11-15-25(19-23)31-24-13-7-5-8-14-24/h5,7-9,11-16,18-19H,4,6,10,17,20-21H2,1-3H3/b16-9+,22-18+,27-26-. The summed E-state index contributed by atoms with van der Waals surface area (Å²) in [4.78, 5) is 2.47. The van der Waals surface area contributed by atoms with Crippen molar-refractivity contribution in [1.29, 1.82) is 0 Å². The van der Waals surface area contributed by atoms with Gasteiger partial charge in [-0.15, -0.1) is 0 Å². The minimum Gasteiger partial charge on any atom is -0.493 e. The van der Waals surface area contributed by atoms with Crippen LogP contribution in [0.1, 0.15) is 32.3 Å². The van der Waals surface area contributed by atoms with Crippen LogP contribution in [0.25, 0.3) is 0 Å². The van der Waals surface area contributed by atoms with E-state index in [0.29, 0.717) is 6.61 Å². The second kappa shape index (κ2) is 12.0. The van der Waals surface area contributed by atoms with Crippen molar-refractivity contribution in [3.05, 3.63) is 95.5 Å². The summed E-state index contributed by atoms with van der Waals surface area (Å²) < 4.78 is 17.4. The highest BCUT2D eigenvalue weighted by atomic mass is 16.5. The summed E-state index contributed by atoms with van der Waals surface area (Å²) in [7, 11) is 1.69. The average Bonchev–Trinajstić information content (AvgIpc) is 2.79. The summed E-state index contributed by atoms with van der Waals surface area (Å²) in [6.45, 7) is 7.51. The van der Waals surface area contributed by atoms with Gasteiger partial charge in [0.15, 0.2) is 11.5 Å². The van der Waals surface area contributed by atoms with Gasteiger partial charge in [0.05, 0.1) is 13.7 Å². The van der Waals surface area contributed by atoms with Crippen molar-refractivity contribution in [2.45, 2.75) is 33.2 Å². The fraction of sp³-hybridized carbons (Fsp3) is 0.333. The molecular formula is C27H33NO3. The van der Waals surface area contributed by atoms with E-state index in [4.69, 9.17) is 14.2 Å². The van der Waals surface area contributed by atoms with Gasteiger partial charge >= 0.3 is 0 Å². The van der Waals surface area contributed by atoms with Gasteiger partial charge in [-0.3, -0.25) is 4.90 Å². The minimum absolute atomic E-state index is 0.609. The van der Waals surface area contributed by atoms with Gasteiger partial charge in [-0.1, -0.05) is 42.0 Å². The highest BCUT2D eigenvalue weighted by Crippen LogP contribution is 2.23. The average molecular weight is 420 g/mol. The van der Waals surface area contributed by atoms with E-state index in [0.717, 1.165) is 55.5 Å². The van der Waals surface area contributed by atoms with Gasteiger partial charge < -0.3 is 14.2 Å². The van der Waals surface area contributed by atoms with Crippen LogP contribution in [0, 0.1) is 0 Å². The molecule has 1 heterocycles. The Kier molecular flexibility index (Phi) is 8.80. The first-order chi connectivity index (χ1) is 15.2. The maximum absolute atomic E-state index is 6.02. The first-order valence-electron chi connectivity index (χ1n) is 11.0. The zero-order valence-electron chi connectivity index (χ0n) is 18.8. The Labute approximate surface area is 186 Å². The molecule has 0 radical (unpaired) electrons. The third-order valence-electron chi connectivity index (χ3n) is 5.01. The third kappa shape index (κ3) is 7.34. The van der Waals surface area contributed by atoms with Gasteiger partial charge in [-0.25, -0.2) is 0 Å². The summed E-state index contributed by atoms with van der Waals surface area (Å²) >= 11 is 0. The van der Waals surface area contributed by atoms with Crippen molar-refractivity contribution in [1.82, 2.24) is 4.90 Å². The number of ether oxygens (including phenoxy) is 3. The minimum atomic E-state index is 0.609. The Morgan fingerprint density at radius 2 is 1.77 bits per heavy atom. The molecule has 31 heavy (non-hydrogen) atoms. The molecule has 0 saturated carbocycles. The second-order valence-corrected chi connectivity index (χ2v) is 7.67. The molecule has 0 amide bonds. The van der Waals surface area contributed by atoms with Crippen molar-refractivity contribution in [2.75, 3.05) is 26.8 Å². The van der Waals surface area contributed by atoms with Gasteiger partial charge in [0.25, 0.3) is 0 Å². The molecular weight excluding hydrogens is 386 g/mol. The SMILES string of the molecule is CCOC1=C(OC)/C=C/CCCN(Cc2cccc(Oc3ccccc3)c2)C\C(C)=C\1. The lowest BCUT2D eigenvalue weighted by Gasteiger charge is -2.23. The van der Waals surface area contributed by atoms with Crippen molar-refractivity contribution < 1.29 is 14.2 Å². The van der Waals surface area contributed by atoms with Crippen molar-refractivity contribution in [3.8, 4) is 11.5 Å². The van der Waals surface area contributed by atoms with E-state index in [1.165, 1.54) is 11.1 Å². The molecule has 0 spiro atoms. The zero-order valence-corrected chi connectivity index (χ0v) is 18.8. The lowest BCUT2D eigenvalue weighted by molar-refractivity contribution is 0.205. The summed E-state index contributed by atoms with van der Waals surface area (Å²) in [6, 6.07) is 18.3. The lowest BCUT2D eigenvalue weighted by Crippen LogP contribution is -2.26. The fourth-order valence-corrected chi connectivity index (χ4v) is 3.64. The molecule has 0 unspecified atom stereocenters. The maximum Gasteiger partial charge on any atom is 0.161 e. The van der Waals surface area contributed by atoms with E-state index in [2.05, 4.69) is 42.2 Å². The molecule has 1 aliphatic rings. The van der Waals surface area contributed by atoms with Crippen LogP contribution in [0.3, 0.4) is 0 Å². The van der Waals surface area contributed by atoms with E-state index in [9.17, 15) is 0 Å². The molecule has 164 valence electrons. The number of para-hydroxylation sites is 1.